The number of nitrogens with one attached hydrogen (secondary N) is 1. The van der Waals surface area contributed by atoms with Gasteiger partial charge in [-0.05, 0) is 30.9 Å². The second kappa shape index (κ2) is 6.36. The van der Waals surface area contributed by atoms with E-state index in [1.165, 1.54) is 11.3 Å². The lowest BCUT2D eigenvalue weighted by Crippen LogP contribution is -2.12. The molecule has 1 amide bonds. The molecule has 100 valence electrons. The zero-order valence-electron chi connectivity index (χ0n) is 10.4. The van der Waals surface area contributed by atoms with E-state index in [0.717, 1.165) is 16.3 Å². The maximum atomic E-state index is 12.1. The highest BCUT2D eigenvalue weighted by Gasteiger charge is 2.13. The molecular weight excluding hydrogens is 302 g/mol. The lowest BCUT2D eigenvalue weighted by Gasteiger charge is -2.05. The molecule has 0 saturated carbocycles. The molecule has 4 nitrogen and oxygen atoms in total. The molecule has 7 heteroatoms. The molecule has 2 aromatic rings. The number of benzene rings is 1. The van der Waals surface area contributed by atoms with Gasteiger partial charge in [-0.1, -0.05) is 29.9 Å². The number of hydrogen-bond donors (Lipinski definition) is 1. The Morgan fingerprint density at radius 2 is 2.26 bits per heavy atom. The Hall–Kier alpha value is -1.11. The number of aryl methyl sites for hydroxylation is 1. The number of rotatable bonds is 4. The van der Waals surface area contributed by atoms with E-state index in [0.29, 0.717) is 15.7 Å². The maximum Gasteiger partial charge on any atom is 0.259 e. The third kappa shape index (κ3) is 3.46. The van der Waals surface area contributed by atoms with E-state index in [-0.39, 0.29) is 5.91 Å². The van der Waals surface area contributed by atoms with Crippen molar-refractivity contribution in [1.82, 2.24) is 10.2 Å². The summed E-state index contributed by atoms with van der Waals surface area (Å²) in [5.74, 6) is -0.264. The summed E-state index contributed by atoms with van der Waals surface area (Å²) < 4.78 is 0. The lowest BCUT2D eigenvalue weighted by molar-refractivity contribution is 0.102. The normalized spacial score (nSPS) is 10.5. The van der Waals surface area contributed by atoms with Crippen molar-refractivity contribution in [3.63, 3.8) is 0 Å². The Balaban J connectivity index is 2.19. The Morgan fingerprint density at radius 3 is 2.89 bits per heavy atom. The first kappa shape index (κ1) is 14.3. The van der Waals surface area contributed by atoms with Crippen LogP contribution in [-0.2, 0) is 6.42 Å². The minimum absolute atomic E-state index is 0.264. The van der Waals surface area contributed by atoms with E-state index in [1.807, 2.05) is 19.2 Å². The Bertz CT molecular complexity index is 600. The van der Waals surface area contributed by atoms with Gasteiger partial charge in [0.15, 0.2) is 0 Å². The molecule has 0 aliphatic rings. The third-order valence-corrected chi connectivity index (χ3v) is 4.45. The minimum Gasteiger partial charge on any atom is -0.296 e. The number of hydrogen-bond acceptors (Lipinski definition) is 5. The van der Waals surface area contributed by atoms with E-state index in [9.17, 15) is 4.79 Å². The van der Waals surface area contributed by atoms with Crippen LogP contribution >= 0.6 is 34.7 Å². The van der Waals surface area contributed by atoms with E-state index < -0.39 is 0 Å². The van der Waals surface area contributed by atoms with E-state index in [1.54, 1.807) is 23.9 Å². The summed E-state index contributed by atoms with van der Waals surface area (Å²) in [6, 6.07) is 5.37. The predicted molar refractivity (Wildman–Crippen MR) is 80.5 cm³/mol. The fraction of sp³-hybridized carbons (Fsp3) is 0.250. The van der Waals surface area contributed by atoms with Gasteiger partial charge in [0.25, 0.3) is 5.91 Å². The van der Waals surface area contributed by atoms with Gasteiger partial charge in [-0.25, -0.2) is 0 Å². The molecule has 1 aromatic heterocycles. The van der Waals surface area contributed by atoms with Gasteiger partial charge in [-0.3, -0.25) is 10.1 Å². The largest absolute Gasteiger partial charge is 0.296 e. The fourth-order valence-corrected chi connectivity index (χ4v) is 2.73. The molecule has 2 rings (SSSR count). The SMILES string of the molecule is CCc1nnc(NC(=O)c2cc(SC)ccc2Cl)s1. The molecular formula is C12H12ClN3OS2. The van der Waals surface area contributed by atoms with Crippen LogP contribution < -0.4 is 5.32 Å². The van der Waals surface area contributed by atoms with Crippen molar-refractivity contribution in [2.75, 3.05) is 11.6 Å². The van der Waals surface area contributed by atoms with Crippen molar-refractivity contribution in [1.29, 1.82) is 0 Å². The number of carbonyl (C=O) groups is 1. The monoisotopic (exact) mass is 313 g/mol. The topological polar surface area (TPSA) is 54.9 Å². The standard InChI is InChI=1S/C12H12ClN3OS2/c1-3-10-15-16-12(19-10)14-11(17)8-6-7(18-2)4-5-9(8)13/h4-6H,3H2,1-2H3,(H,14,16,17). The zero-order chi connectivity index (χ0) is 13.8. The van der Waals surface area contributed by atoms with Gasteiger partial charge in [0.05, 0.1) is 10.6 Å². The number of nitrogens with zero attached hydrogens (tertiary/aromatic N) is 2. The maximum absolute atomic E-state index is 12.1. The fourth-order valence-electron chi connectivity index (χ4n) is 1.42. The van der Waals surface area contributed by atoms with Crippen LogP contribution in [0.15, 0.2) is 23.1 Å². The van der Waals surface area contributed by atoms with Crippen LogP contribution in [0, 0.1) is 0 Å². The highest BCUT2D eigenvalue weighted by atomic mass is 35.5. The number of anilines is 1. The molecule has 0 unspecified atom stereocenters. The summed E-state index contributed by atoms with van der Waals surface area (Å²) in [5.41, 5.74) is 0.446. The number of halogens is 1. The van der Waals surface area contributed by atoms with Crippen molar-refractivity contribution < 1.29 is 4.79 Å². The van der Waals surface area contributed by atoms with Crippen LogP contribution in [0.3, 0.4) is 0 Å². The van der Waals surface area contributed by atoms with Crippen molar-refractivity contribution in [2.45, 2.75) is 18.2 Å². The van der Waals surface area contributed by atoms with Gasteiger partial charge in [0.1, 0.15) is 5.01 Å². The second-order valence-electron chi connectivity index (χ2n) is 3.65. The number of thioether (sulfide) groups is 1. The molecule has 1 heterocycles. The van der Waals surface area contributed by atoms with Crippen LogP contribution in [0.4, 0.5) is 5.13 Å². The first-order valence-corrected chi connectivity index (χ1v) is 8.03. The van der Waals surface area contributed by atoms with Crippen LogP contribution in [-0.4, -0.2) is 22.4 Å². The van der Waals surface area contributed by atoms with Crippen LogP contribution in [0.1, 0.15) is 22.3 Å². The molecule has 1 aromatic carbocycles. The van der Waals surface area contributed by atoms with Crippen molar-refractivity contribution in [2.24, 2.45) is 0 Å². The summed E-state index contributed by atoms with van der Waals surface area (Å²) >= 11 is 8.97. The van der Waals surface area contributed by atoms with Crippen LogP contribution in [0.5, 0.6) is 0 Å². The highest BCUT2D eigenvalue weighted by Crippen LogP contribution is 2.24. The molecule has 0 atom stereocenters. The van der Waals surface area contributed by atoms with Crippen LogP contribution in [0.2, 0.25) is 5.02 Å². The summed E-state index contributed by atoms with van der Waals surface area (Å²) in [4.78, 5) is 13.1. The molecule has 0 aliphatic heterocycles. The van der Waals surface area contributed by atoms with Crippen LogP contribution in [0.25, 0.3) is 0 Å². The van der Waals surface area contributed by atoms with Crippen molar-refractivity contribution in [3.8, 4) is 0 Å². The van der Waals surface area contributed by atoms with Gasteiger partial charge < -0.3 is 0 Å². The van der Waals surface area contributed by atoms with Gasteiger partial charge >= 0.3 is 0 Å². The average molecular weight is 314 g/mol. The molecule has 0 saturated heterocycles. The highest BCUT2D eigenvalue weighted by molar-refractivity contribution is 7.98. The number of amides is 1. The quantitative estimate of drug-likeness (QED) is 0.874. The molecule has 0 fully saturated rings. The molecule has 0 bridgehead atoms. The van der Waals surface area contributed by atoms with Crippen molar-refractivity contribution in [3.05, 3.63) is 33.8 Å². The minimum atomic E-state index is -0.264. The molecule has 0 spiro atoms. The number of aromatic nitrogens is 2. The van der Waals surface area contributed by atoms with E-state index in [4.69, 9.17) is 11.6 Å². The number of carbonyl (C=O) groups excluding carboxylic acids is 1. The lowest BCUT2D eigenvalue weighted by atomic mass is 10.2. The van der Waals surface area contributed by atoms with E-state index >= 15 is 0 Å². The Labute approximate surface area is 124 Å². The molecule has 0 radical (unpaired) electrons. The smallest absolute Gasteiger partial charge is 0.259 e. The van der Waals surface area contributed by atoms with Crippen molar-refractivity contribution >= 4 is 45.7 Å². The first-order chi connectivity index (χ1) is 9.13. The average Bonchev–Trinajstić information content (AvgIpc) is 2.87. The zero-order valence-corrected chi connectivity index (χ0v) is 12.8. The first-order valence-electron chi connectivity index (χ1n) is 5.61. The summed E-state index contributed by atoms with van der Waals surface area (Å²) in [6.45, 7) is 1.99. The van der Waals surface area contributed by atoms with Gasteiger partial charge in [-0.15, -0.1) is 22.0 Å². The summed E-state index contributed by atoms with van der Waals surface area (Å²) in [7, 11) is 0. The molecule has 0 aliphatic carbocycles. The third-order valence-electron chi connectivity index (χ3n) is 2.41. The summed E-state index contributed by atoms with van der Waals surface area (Å²) in [6.07, 6.45) is 2.75. The second-order valence-corrected chi connectivity index (χ2v) is 6.00. The molecule has 1 N–H and O–H groups in total. The Morgan fingerprint density at radius 1 is 1.47 bits per heavy atom. The van der Waals surface area contributed by atoms with E-state index in [2.05, 4.69) is 15.5 Å². The van der Waals surface area contributed by atoms with Gasteiger partial charge in [0.2, 0.25) is 5.13 Å². The molecule has 19 heavy (non-hydrogen) atoms. The van der Waals surface area contributed by atoms with Gasteiger partial charge in [-0.2, -0.15) is 0 Å². The Kier molecular flexibility index (Phi) is 4.79. The summed E-state index contributed by atoms with van der Waals surface area (Å²) in [5, 5.41) is 12.4. The van der Waals surface area contributed by atoms with Gasteiger partial charge in [0, 0.05) is 4.90 Å². The predicted octanol–water partition coefficient (Wildman–Crippen LogP) is 3.73.